The van der Waals surface area contributed by atoms with Crippen molar-refractivity contribution in [2.24, 2.45) is 0 Å². The molecular weight excluding hydrogens is 238 g/mol. The maximum atomic E-state index is 9.02. The van der Waals surface area contributed by atoms with Crippen LogP contribution in [0.25, 0.3) is 0 Å². The van der Waals surface area contributed by atoms with Gasteiger partial charge in [-0.05, 0) is 44.6 Å². The third-order valence-corrected chi connectivity index (χ3v) is 3.49. The second kappa shape index (κ2) is 8.88. The van der Waals surface area contributed by atoms with E-state index in [0.29, 0.717) is 0 Å². The SMILES string of the molecule is CCN(CC)CCCN(CC)c1ccc(CO)cn1. The number of aliphatic hydroxyl groups is 1. The molecule has 19 heavy (non-hydrogen) atoms. The molecule has 0 spiro atoms. The number of nitrogens with zero attached hydrogens (tertiary/aromatic N) is 3. The number of anilines is 1. The zero-order valence-corrected chi connectivity index (χ0v) is 12.5. The molecule has 0 aliphatic heterocycles. The smallest absolute Gasteiger partial charge is 0.128 e. The molecule has 1 N–H and O–H groups in total. The summed E-state index contributed by atoms with van der Waals surface area (Å²) in [4.78, 5) is 9.13. The van der Waals surface area contributed by atoms with Gasteiger partial charge in [0.25, 0.3) is 0 Å². The van der Waals surface area contributed by atoms with Crippen LogP contribution in [-0.4, -0.2) is 47.7 Å². The number of rotatable bonds is 9. The molecule has 108 valence electrons. The minimum Gasteiger partial charge on any atom is -0.392 e. The molecule has 0 aliphatic carbocycles. The Bertz CT molecular complexity index is 336. The number of hydrogen-bond acceptors (Lipinski definition) is 4. The van der Waals surface area contributed by atoms with Crippen molar-refractivity contribution in [2.75, 3.05) is 37.6 Å². The lowest BCUT2D eigenvalue weighted by Crippen LogP contribution is -2.30. The monoisotopic (exact) mass is 265 g/mol. The van der Waals surface area contributed by atoms with Gasteiger partial charge in [0.2, 0.25) is 0 Å². The fourth-order valence-electron chi connectivity index (χ4n) is 2.16. The van der Waals surface area contributed by atoms with E-state index in [2.05, 4.69) is 35.6 Å². The second-order valence-corrected chi connectivity index (χ2v) is 4.64. The van der Waals surface area contributed by atoms with E-state index in [0.717, 1.165) is 50.5 Å². The number of aliphatic hydroxyl groups excluding tert-OH is 1. The van der Waals surface area contributed by atoms with Crippen molar-refractivity contribution in [2.45, 2.75) is 33.8 Å². The summed E-state index contributed by atoms with van der Waals surface area (Å²) in [5.74, 6) is 0.999. The van der Waals surface area contributed by atoms with Gasteiger partial charge in [-0.15, -0.1) is 0 Å². The van der Waals surface area contributed by atoms with Crippen molar-refractivity contribution in [3.05, 3.63) is 23.9 Å². The Hall–Kier alpha value is -1.13. The molecule has 1 aromatic heterocycles. The molecule has 1 rings (SSSR count). The lowest BCUT2D eigenvalue weighted by atomic mass is 10.3. The first kappa shape index (κ1) is 15.9. The number of hydrogen-bond donors (Lipinski definition) is 1. The highest BCUT2D eigenvalue weighted by Gasteiger charge is 2.06. The Labute approximate surface area is 117 Å². The minimum atomic E-state index is 0.0569. The second-order valence-electron chi connectivity index (χ2n) is 4.64. The van der Waals surface area contributed by atoms with Gasteiger partial charge in [-0.3, -0.25) is 0 Å². The molecule has 0 atom stereocenters. The first-order chi connectivity index (χ1) is 9.24. The fourth-order valence-corrected chi connectivity index (χ4v) is 2.16. The van der Waals surface area contributed by atoms with Crippen molar-refractivity contribution in [1.29, 1.82) is 0 Å². The summed E-state index contributed by atoms with van der Waals surface area (Å²) in [7, 11) is 0. The molecule has 0 radical (unpaired) electrons. The predicted molar refractivity (Wildman–Crippen MR) is 80.5 cm³/mol. The van der Waals surface area contributed by atoms with Crippen LogP contribution in [0.4, 0.5) is 5.82 Å². The Morgan fingerprint density at radius 3 is 2.26 bits per heavy atom. The van der Waals surface area contributed by atoms with E-state index in [1.54, 1.807) is 6.20 Å². The summed E-state index contributed by atoms with van der Waals surface area (Å²) in [6.45, 7) is 12.0. The largest absolute Gasteiger partial charge is 0.392 e. The highest BCUT2D eigenvalue weighted by molar-refractivity contribution is 5.38. The molecule has 1 aromatic rings. The molecule has 0 saturated carbocycles. The lowest BCUT2D eigenvalue weighted by molar-refractivity contribution is 0.281. The van der Waals surface area contributed by atoms with Gasteiger partial charge in [-0.1, -0.05) is 19.9 Å². The molecule has 0 unspecified atom stereocenters. The van der Waals surface area contributed by atoms with Gasteiger partial charge >= 0.3 is 0 Å². The minimum absolute atomic E-state index is 0.0569. The van der Waals surface area contributed by atoms with Gasteiger partial charge in [-0.2, -0.15) is 0 Å². The maximum Gasteiger partial charge on any atom is 0.128 e. The van der Waals surface area contributed by atoms with Crippen molar-refractivity contribution in [3.63, 3.8) is 0 Å². The summed E-state index contributed by atoms with van der Waals surface area (Å²) in [6.07, 6.45) is 2.90. The van der Waals surface area contributed by atoms with E-state index in [1.165, 1.54) is 0 Å². The standard InChI is InChI=1S/C15H27N3O/c1-4-17(5-2)10-7-11-18(6-3)15-9-8-14(13-19)12-16-15/h8-9,12,19H,4-7,10-11,13H2,1-3H3. The average molecular weight is 265 g/mol. The van der Waals surface area contributed by atoms with Crippen LogP contribution in [0.2, 0.25) is 0 Å². The molecule has 4 nitrogen and oxygen atoms in total. The van der Waals surface area contributed by atoms with E-state index in [4.69, 9.17) is 5.11 Å². The molecule has 0 aromatic carbocycles. The first-order valence-corrected chi connectivity index (χ1v) is 7.28. The number of aromatic nitrogens is 1. The van der Waals surface area contributed by atoms with E-state index in [-0.39, 0.29) is 6.61 Å². The van der Waals surface area contributed by atoms with Gasteiger partial charge in [-0.25, -0.2) is 4.98 Å². The van der Waals surface area contributed by atoms with Crippen molar-refractivity contribution in [1.82, 2.24) is 9.88 Å². The van der Waals surface area contributed by atoms with Gasteiger partial charge in [0.15, 0.2) is 0 Å². The third-order valence-electron chi connectivity index (χ3n) is 3.49. The third kappa shape index (κ3) is 5.17. The molecular formula is C15H27N3O. The van der Waals surface area contributed by atoms with E-state index < -0.39 is 0 Å². The van der Waals surface area contributed by atoms with E-state index in [1.807, 2.05) is 12.1 Å². The molecule has 0 fully saturated rings. The van der Waals surface area contributed by atoms with Gasteiger partial charge in [0.05, 0.1) is 6.61 Å². The maximum absolute atomic E-state index is 9.02. The lowest BCUT2D eigenvalue weighted by Gasteiger charge is -2.24. The molecule has 0 amide bonds. The Kier molecular flexibility index (Phi) is 7.45. The van der Waals surface area contributed by atoms with Crippen molar-refractivity contribution < 1.29 is 5.11 Å². The zero-order chi connectivity index (χ0) is 14.1. The summed E-state index contributed by atoms with van der Waals surface area (Å²) in [5.41, 5.74) is 0.864. The van der Waals surface area contributed by atoms with Crippen LogP contribution in [-0.2, 0) is 6.61 Å². The highest BCUT2D eigenvalue weighted by atomic mass is 16.3. The first-order valence-electron chi connectivity index (χ1n) is 7.28. The summed E-state index contributed by atoms with van der Waals surface area (Å²) >= 11 is 0. The summed E-state index contributed by atoms with van der Waals surface area (Å²) in [5, 5.41) is 9.02. The van der Waals surface area contributed by atoms with Crippen LogP contribution in [0.3, 0.4) is 0 Å². The molecule has 4 heteroatoms. The molecule has 0 aliphatic rings. The van der Waals surface area contributed by atoms with Gasteiger partial charge < -0.3 is 14.9 Å². The zero-order valence-electron chi connectivity index (χ0n) is 12.5. The molecule has 1 heterocycles. The van der Waals surface area contributed by atoms with Crippen LogP contribution in [0.15, 0.2) is 18.3 Å². The van der Waals surface area contributed by atoms with Gasteiger partial charge in [0.1, 0.15) is 5.82 Å². The molecule has 0 saturated heterocycles. The number of pyridine rings is 1. The fraction of sp³-hybridized carbons (Fsp3) is 0.667. The van der Waals surface area contributed by atoms with Crippen LogP contribution in [0.1, 0.15) is 32.8 Å². The van der Waals surface area contributed by atoms with Crippen molar-refractivity contribution in [3.8, 4) is 0 Å². The predicted octanol–water partition coefficient (Wildman–Crippen LogP) is 2.13. The van der Waals surface area contributed by atoms with E-state index >= 15 is 0 Å². The Balaban J connectivity index is 2.48. The summed E-state index contributed by atoms with van der Waals surface area (Å²) < 4.78 is 0. The quantitative estimate of drug-likeness (QED) is 0.742. The van der Waals surface area contributed by atoms with Crippen LogP contribution < -0.4 is 4.90 Å². The topological polar surface area (TPSA) is 39.6 Å². The van der Waals surface area contributed by atoms with Crippen molar-refractivity contribution >= 4 is 5.82 Å². The van der Waals surface area contributed by atoms with Crippen LogP contribution in [0, 0.1) is 0 Å². The molecule has 0 bridgehead atoms. The highest BCUT2D eigenvalue weighted by Crippen LogP contribution is 2.11. The average Bonchev–Trinajstić information content (AvgIpc) is 2.48. The Morgan fingerprint density at radius 2 is 1.79 bits per heavy atom. The Morgan fingerprint density at radius 1 is 1.05 bits per heavy atom. The van der Waals surface area contributed by atoms with Gasteiger partial charge in [0, 0.05) is 19.3 Å². The van der Waals surface area contributed by atoms with E-state index in [9.17, 15) is 0 Å². The normalized spacial score (nSPS) is 11.0. The van der Waals surface area contributed by atoms with Crippen LogP contribution >= 0.6 is 0 Å². The van der Waals surface area contributed by atoms with Crippen LogP contribution in [0.5, 0.6) is 0 Å². The summed E-state index contributed by atoms with van der Waals surface area (Å²) in [6, 6.07) is 3.93.